The van der Waals surface area contributed by atoms with E-state index in [1.807, 2.05) is 20.8 Å². The van der Waals surface area contributed by atoms with E-state index in [4.69, 9.17) is 4.74 Å². The lowest BCUT2D eigenvalue weighted by Crippen LogP contribution is -2.46. The number of ether oxygens (including phenoxy) is 1. The minimum absolute atomic E-state index is 0.0800. The molecule has 4 heteroatoms. The zero-order valence-electron chi connectivity index (χ0n) is 12.4. The van der Waals surface area contributed by atoms with Crippen molar-refractivity contribution in [1.29, 1.82) is 5.26 Å². The molecule has 0 spiro atoms. The summed E-state index contributed by atoms with van der Waals surface area (Å²) in [4.78, 5) is 12.5. The predicted octanol–water partition coefficient (Wildman–Crippen LogP) is 2.64. The topological polar surface area (TPSA) is 62.1 Å². The first-order valence-electron chi connectivity index (χ1n) is 7.39. The summed E-state index contributed by atoms with van der Waals surface area (Å²) in [5, 5.41) is 12.5. The second-order valence-electron chi connectivity index (χ2n) is 5.58. The molecule has 0 saturated carbocycles. The molecule has 1 saturated heterocycles. The third-order valence-corrected chi connectivity index (χ3v) is 4.03. The van der Waals surface area contributed by atoms with Crippen molar-refractivity contribution in [1.82, 2.24) is 5.32 Å². The number of nitriles is 1. The quantitative estimate of drug-likeness (QED) is 0.770. The normalized spacial score (nSPS) is 20.8. The minimum Gasteiger partial charge on any atom is -0.381 e. The molecule has 1 aliphatic rings. The molecule has 0 aromatic heterocycles. The summed E-state index contributed by atoms with van der Waals surface area (Å²) in [6, 6.07) is 2.35. The zero-order chi connectivity index (χ0) is 14.3. The standard InChI is InChI=1S/C15H26N2O2/c1-4-7-15(11-16,8-5-2)14(18)17-12(3)13-6-9-19-10-13/h12-13H,4-10H2,1-3H3,(H,17,18). The Morgan fingerprint density at radius 3 is 2.53 bits per heavy atom. The second kappa shape index (κ2) is 7.49. The van der Waals surface area contributed by atoms with Gasteiger partial charge in [-0.25, -0.2) is 0 Å². The third-order valence-electron chi connectivity index (χ3n) is 4.03. The molecule has 1 N–H and O–H groups in total. The summed E-state index contributed by atoms with van der Waals surface area (Å²) < 4.78 is 5.35. The average Bonchev–Trinajstić information content (AvgIpc) is 2.92. The van der Waals surface area contributed by atoms with Gasteiger partial charge in [-0.3, -0.25) is 4.79 Å². The highest BCUT2D eigenvalue weighted by Gasteiger charge is 2.38. The Hall–Kier alpha value is -1.08. The van der Waals surface area contributed by atoms with Gasteiger partial charge < -0.3 is 10.1 Å². The molecule has 19 heavy (non-hydrogen) atoms. The van der Waals surface area contributed by atoms with E-state index in [1.165, 1.54) is 0 Å². The minimum atomic E-state index is -0.850. The van der Waals surface area contributed by atoms with Crippen LogP contribution in [-0.4, -0.2) is 25.2 Å². The van der Waals surface area contributed by atoms with Gasteiger partial charge >= 0.3 is 0 Å². The Morgan fingerprint density at radius 2 is 2.11 bits per heavy atom. The monoisotopic (exact) mass is 266 g/mol. The molecule has 1 amide bonds. The molecule has 0 aromatic carbocycles. The van der Waals surface area contributed by atoms with E-state index in [-0.39, 0.29) is 11.9 Å². The summed E-state index contributed by atoms with van der Waals surface area (Å²) in [5.41, 5.74) is -0.850. The predicted molar refractivity (Wildman–Crippen MR) is 74.4 cm³/mol. The van der Waals surface area contributed by atoms with Crippen LogP contribution in [0.15, 0.2) is 0 Å². The first-order chi connectivity index (χ1) is 9.09. The van der Waals surface area contributed by atoms with Crippen molar-refractivity contribution in [3.05, 3.63) is 0 Å². The van der Waals surface area contributed by atoms with Gasteiger partial charge in [0.25, 0.3) is 0 Å². The van der Waals surface area contributed by atoms with Gasteiger partial charge in [-0.05, 0) is 26.2 Å². The summed E-state index contributed by atoms with van der Waals surface area (Å²) in [6.07, 6.45) is 3.96. The number of carbonyl (C=O) groups is 1. The second-order valence-corrected chi connectivity index (χ2v) is 5.58. The highest BCUT2D eigenvalue weighted by atomic mass is 16.5. The van der Waals surface area contributed by atoms with Crippen LogP contribution in [0, 0.1) is 22.7 Å². The largest absolute Gasteiger partial charge is 0.381 e. The zero-order valence-corrected chi connectivity index (χ0v) is 12.4. The maximum Gasteiger partial charge on any atom is 0.240 e. The van der Waals surface area contributed by atoms with E-state index in [0.717, 1.165) is 25.9 Å². The molecule has 1 rings (SSSR count). The summed E-state index contributed by atoms with van der Waals surface area (Å²) >= 11 is 0. The van der Waals surface area contributed by atoms with Crippen molar-refractivity contribution in [3.8, 4) is 6.07 Å². The first-order valence-corrected chi connectivity index (χ1v) is 7.39. The maximum absolute atomic E-state index is 12.5. The van der Waals surface area contributed by atoms with E-state index in [9.17, 15) is 10.1 Å². The molecule has 0 bridgehead atoms. The fourth-order valence-corrected chi connectivity index (χ4v) is 2.78. The van der Waals surface area contributed by atoms with Crippen LogP contribution in [0.2, 0.25) is 0 Å². The molecule has 2 unspecified atom stereocenters. The van der Waals surface area contributed by atoms with Crippen LogP contribution < -0.4 is 5.32 Å². The number of rotatable bonds is 7. The number of hydrogen-bond donors (Lipinski definition) is 1. The molecule has 0 aliphatic carbocycles. The Balaban J connectivity index is 2.68. The molecule has 1 heterocycles. The van der Waals surface area contributed by atoms with Crippen LogP contribution in [0.25, 0.3) is 0 Å². The number of nitrogens with one attached hydrogen (secondary N) is 1. The van der Waals surface area contributed by atoms with Crippen molar-refractivity contribution >= 4 is 5.91 Å². The smallest absolute Gasteiger partial charge is 0.240 e. The number of carbonyl (C=O) groups excluding carboxylic acids is 1. The number of nitrogens with zero attached hydrogens (tertiary/aromatic N) is 1. The van der Waals surface area contributed by atoms with Crippen LogP contribution in [0.3, 0.4) is 0 Å². The molecular formula is C15H26N2O2. The van der Waals surface area contributed by atoms with Crippen molar-refractivity contribution in [2.75, 3.05) is 13.2 Å². The molecule has 0 aromatic rings. The average molecular weight is 266 g/mol. The van der Waals surface area contributed by atoms with Gasteiger partial charge in [0.15, 0.2) is 0 Å². The Kier molecular flexibility index (Phi) is 6.30. The molecule has 2 atom stereocenters. The van der Waals surface area contributed by atoms with E-state index in [1.54, 1.807) is 0 Å². The van der Waals surface area contributed by atoms with E-state index in [0.29, 0.717) is 25.4 Å². The number of amides is 1. The summed E-state index contributed by atoms with van der Waals surface area (Å²) in [7, 11) is 0. The SMILES string of the molecule is CCCC(C#N)(CCC)C(=O)NC(C)C1CCOC1. The summed E-state index contributed by atoms with van der Waals surface area (Å²) in [5.74, 6) is 0.279. The van der Waals surface area contributed by atoms with Crippen LogP contribution >= 0.6 is 0 Å². The van der Waals surface area contributed by atoms with E-state index >= 15 is 0 Å². The van der Waals surface area contributed by atoms with Crippen LogP contribution in [-0.2, 0) is 9.53 Å². The highest BCUT2D eigenvalue weighted by molar-refractivity contribution is 5.85. The molecule has 4 nitrogen and oxygen atoms in total. The molecule has 1 fully saturated rings. The van der Waals surface area contributed by atoms with E-state index in [2.05, 4.69) is 11.4 Å². The lowest BCUT2D eigenvalue weighted by Gasteiger charge is -2.28. The molecule has 108 valence electrons. The summed E-state index contributed by atoms with van der Waals surface area (Å²) in [6.45, 7) is 7.53. The van der Waals surface area contributed by atoms with E-state index < -0.39 is 5.41 Å². The van der Waals surface area contributed by atoms with Crippen LogP contribution in [0.5, 0.6) is 0 Å². The van der Waals surface area contributed by atoms with Crippen molar-refractivity contribution < 1.29 is 9.53 Å². The van der Waals surface area contributed by atoms with Gasteiger partial charge in [0.2, 0.25) is 5.91 Å². The van der Waals surface area contributed by atoms with Gasteiger partial charge in [-0.1, -0.05) is 26.7 Å². The lowest BCUT2D eigenvalue weighted by atomic mass is 9.79. The van der Waals surface area contributed by atoms with Gasteiger partial charge in [0.1, 0.15) is 5.41 Å². The lowest BCUT2D eigenvalue weighted by molar-refractivity contribution is -0.129. The van der Waals surface area contributed by atoms with Crippen LogP contribution in [0.1, 0.15) is 52.9 Å². The van der Waals surface area contributed by atoms with Gasteiger partial charge in [0, 0.05) is 18.6 Å². The highest BCUT2D eigenvalue weighted by Crippen LogP contribution is 2.30. The first kappa shape index (κ1) is 16.0. The van der Waals surface area contributed by atoms with Gasteiger partial charge in [0.05, 0.1) is 12.7 Å². The molecule has 1 aliphatic heterocycles. The number of hydrogen-bond acceptors (Lipinski definition) is 3. The fraction of sp³-hybridized carbons (Fsp3) is 0.867. The van der Waals surface area contributed by atoms with Crippen molar-refractivity contribution in [2.24, 2.45) is 11.3 Å². The van der Waals surface area contributed by atoms with Gasteiger partial charge in [-0.2, -0.15) is 5.26 Å². The van der Waals surface area contributed by atoms with Crippen molar-refractivity contribution in [2.45, 2.75) is 58.9 Å². The van der Waals surface area contributed by atoms with Crippen LogP contribution in [0.4, 0.5) is 0 Å². The molecular weight excluding hydrogens is 240 g/mol. The fourth-order valence-electron chi connectivity index (χ4n) is 2.78. The Morgan fingerprint density at radius 1 is 1.47 bits per heavy atom. The van der Waals surface area contributed by atoms with Crippen molar-refractivity contribution in [3.63, 3.8) is 0 Å². The Labute approximate surface area is 116 Å². The third kappa shape index (κ3) is 3.94. The maximum atomic E-state index is 12.5. The molecule has 0 radical (unpaired) electrons. The Bertz CT molecular complexity index is 324. The van der Waals surface area contributed by atoms with Gasteiger partial charge in [-0.15, -0.1) is 0 Å².